The molecule has 2 aromatic rings. The fourth-order valence-electron chi connectivity index (χ4n) is 2.23. The molecule has 2 rings (SSSR count). The van der Waals surface area contributed by atoms with E-state index in [1.165, 1.54) is 12.1 Å². The fraction of sp³-hybridized carbons (Fsp3) is 0.286. The van der Waals surface area contributed by atoms with E-state index in [1.54, 1.807) is 20.8 Å². The van der Waals surface area contributed by atoms with Crippen molar-refractivity contribution >= 4 is 29.1 Å². The highest BCUT2D eigenvalue weighted by Gasteiger charge is 2.22. The monoisotopic (exact) mass is 328 g/mol. The number of aromatic hydroxyl groups is 1. The summed E-state index contributed by atoms with van der Waals surface area (Å²) in [6.45, 7) is 5.36. The second-order valence-corrected chi connectivity index (χ2v) is 5.56. The predicted octanol–water partition coefficient (Wildman–Crippen LogP) is 3.79. The Labute approximate surface area is 131 Å². The molecule has 0 bridgehead atoms. The van der Waals surface area contributed by atoms with Gasteiger partial charge in [0.15, 0.2) is 0 Å². The maximum atomic E-state index is 12.3. The van der Waals surface area contributed by atoms with Gasteiger partial charge in [0.1, 0.15) is 11.5 Å². The molecule has 7 heteroatoms. The Hall–Kier alpha value is -1.72. The SMILES string of the molecule is Cc1noc(C)c1[C@@H](C)NC(=O)c1c(O)cc(Cl)cc1Cl. The number of hydrogen-bond donors (Lipinski definition) is 2. The van der Waals surface area contributed by atoms with Crippen molar-refractivity contribution in [3.8, 4) is 5.75 Å². The van der Waals surface area contributed by atoms with Gasteiger partial charge in [0.2, 0.25) is 0 Å². The third-order valence-corrected chi connectivity index (χ3v) is 3.65. The zero-order valence-electron chi connectivity index (χ0n) is 11.7. The van der Waals surface area contributed by atoms with Gasteiger partial charge in [-0.15, -0.1) is 0 Å². The van der Waals surface area contributed by atoms with Crippen LogP contribution in [0.5, 0.6) is 5.75 Å². The summed E-state index contributed by atoms with van der Waals surface area (Å²) < 4.78 is 5.07. The van der Waals surface area contributed by atoms with Crippen LogP contribution in [0, 0.1) is 13.8 Å². The zero-order chi connectivity index (χ0) is 15.7. The zero-order valence-corrected chi connectivity index (χ0v) is 13.2. The molecule has 5 nitrogen and oxygen atoms in total. The number of nitrogens with one attached hydrogen (secondary N) is 1. The summed E-state index contributed by atoms with van der Waals surface area (Å²) >= 11 is 11.7. The second-order valence-electron chi connectivity index (χ2n) is 4.71. The summed E-state index contributed by atoms with van der Waals surface area (Å²) in [4.78, 5) is 12.3. The molecule has 1 aromatic carbocycles. The molecule has 112 valence electrons. The standard InChI is InChI=1S/C14H14Cl2N2O3/c1-6(12-7(2)18-21-8(12)3)17-14(20)13-10(16)4-9(15)5-11(13)19/h4-6,19H,1-3H3,(H,17,20)/t6-/m1/s1. The van der Waals surface area contributed by atoms with Gasteiger partial charge in [0.05, 0.1) is 22.3 Å². The molecule has 2 N–H and O–H groups in total. The maximum absolute atomic E-state index is 12.3. The molecule has 0 spiro atoms. The lowest BCUT2D eigenvalue weighted by Crippen LogP contribution is -2.27. The Balaban J connectivity index is 2.27. The van der Waals surface area contributed by atoms with Crippen molar-refractivity contribution in [1.29, 1.82) is 0 Å². The van der Waals surface area contributed by atoms with Crippen molar-refractivity contribution in [3.63, 3.8) is 0 Å². The molecule has 0 aliphatic heterocycles. The van der Waals surface area contributed by atoms with E-state index in [9.17, 15) is 9.90 Å². The van der Waals surface area contributed by atoms with E-state index in [2.05, 4.69) is 10.5 Å². The summed E-state index contributed by atoms with van der Waals surface area (Å²) in [5.41, 5.74) is 1.49. The van der Waals surface area contributed by atoms with E-state index in [1.807, 2.05) is 0 Å². The summed E-state index contributed by atoms with van der Waals surface area (Å²) in [6, 6.07) is 2.33. The smallest absolute Gasteiger partial charge is 0.257 e. The molecule has 0 saturated carbocycles. The van der Waals surface area contributed by atoms with Crippen LogP contribution in [-0.2, 0) is 0 Å². The third kappa shape index (κ3) is 3.14. The first-order valence-corrected chi connectivity index (χ1v) is 6.98. The van der Waals surface area contributed by atoms with Crippen LogP contribution in [0.4, 0.5) is 0 Å². The number of amides is 1. The number of aryl methyl sites for hydroxylation is 2. The highest BCUT2D eigenvalue weighted by molar-refractivity contribution is 6.37. The van der Waals surface area contributed by atoms with Crippen molar-refractivity contribution in [3.05, 3.63) is 44.8 Å². The Morgan fingerprint density at radius 3 is 2.57 bits per heavy atom. The molecule has 0 saturated heterocycles. The molecule has 0 aliphatic carbocycles. The average molecular weight is 329 g/mol. The largest absolute Gasteiger partial charge is 0.507 e. The van der Waals surface area contributed by atoms with Crippen LogP contribution in [0.15, 0.2) is 16.7 Å². The molecule has 1 atom stereocenters. The second kappa shape index (κ2) is 5.95. The number of rotatable bonds is 3. The van der Waals surface area contributed by atoms with Crippen molar-refractivity contribution in [1.82, 2.24) is 10.5 Å². The van der Waals surface area contributed by atoms with Gasteiger partial charge in [-0.2, -0.15) is 0 Å². The number of benzene rings is 1. The third-order valence-electron chi connectivity index (χ3n) is 3.13. The molecule has 1 heterocycles. The molecular formula is C14H14Cl2N2O3. The van der Waals surface area contributed by atoms with Crippen LogP contribution in [0.3, 0.4) is 0 Å². The quantitative estimate of drug-likeness (QED) is 0.898. The highest BCUT2D eigenvalue weighted by Crippen LogP contribution is 2.30. The van der Waals surface area contributed by atoms with Crippen LogP contribution in [0.1, 0.15) is 40.3 Å². The van der Waals surface area contributed by atoms with Crippen LogP contribution < -0.4 is 5.32 Å². The number of carbonyl (C=O) groups is 1. The summed E-state index contributed by atoms with van der Waals surface area (Å²) in [5.74, 6) is -0.135. The molecule has 0 unspecified atom stereocenters. The lowest BCUT2D eigenvalue weighted by Gasteiger charge is -2.15. The van der Waals surface area contributed by atoms with Gasteiger partial charge in [0, 0.05) is 10.6 Å². The molecular weight excluding hydrogens is 315 g/mol. The van der Waals surface area contributed by atoms with Crippen molar-refractivity contribution in [2.75, 3.05) is 0 Å². The van der Waals surface area contributed by atoms with E-state index in [4.69, 9.17) is 27.7 Å². The lowest BCUT2D eigenvalue weighted by molar-refractivity contribution is 0.0937. The number of carbonyl (C=O) groups excluding carboxylic acids is 1. The van der Waals surface area contributed by atoms with Gasteiger partial charge in [-0.3, -0.25) is 4.79 Å². The molecule has 1 amide bonds. The Morgan fingerprint density at radius 1 is 1.38 bits per heavy atom. The van der Waals surface area contributed by atoms with Gasteiger partial charge >= 0.3 is 0 Å². The van der Waals surface area contributed by atoms with E-state index in [0.717, 1.165) is 5.56 Å². The molecule has 0 aliphatic rings. The first kappa shape index (κ1) is 15.7. The van der Waals surface area contributed by atoms with Gasteiger partial charge in [0.25, 0.3) is 5.91 Å². The number of phenols is 1. The summed E-state index contributed by atoms with van der Waals surface area (Å²) in [7, 11) is 0. The van der Waals surface area contributed by atoms with Gasteiger partial charge in [-0.25, -0.2) is 0 Å². The first-order chi connectivity index (χ1) is 9.81. The van der Waals surface area contributed by atoms with Gasteiger partial charge in [-0.1, -0.05) is 28.4 Å². The van der Waals surface area contributed by atoms with Gasteiger partial charge in [-0.05, 0) is 32.9 Å². The number of nitrogens with zero attached hydrogens (tertiary/aromatic N) is 1. The minimum absolute atomic E-state index is 0.0142. The Bertz CT molecular complexity index is 655. The molecule has 0 radical (unpaired) electrons. The number of phenolic OH excluding ortho intramolecular Hbond substituents is 1. The Morgan fingerprint density at radius 2 is 2.05 bits per heavy atom. The van der Waals surface area contributed by atoms with Crippen molar-refractivity contribution in [2.24, 2.45) is 0 Å². The highest BCUT2D eigenvalue weighted by atomic mass is 35.5. The number of aromatic nitrogens is 1. The minimum Gasteiger partial charge on any atom is -0.507 e. The van der Waals surface area contributed by atoms with Crippen LogP contribution in [0.2, 0.25) is 10.0 Å². The number of hydrogen-bond acceptors (Lipinski definition) is 4. The van der Waals surface area contributed by atoms with Crippen molar-refractivity contribution < 1.29 is 14.4 Å². The van der Waals surface area contributed by atoms with Crippen molar-refractivity contribution in [2.45, 2.75) is 26.8 Å². The van der Waals surface area contributed by atoms with Gasteiger partial charge < -0.3 is 14.9 Å². The minimum atomic E-state index is -0.498. The molecule has 21 heavy (non-hydrogen) atoms. The normalized spacial score (nSPS) is 12.2. The first-order valence-electron chi connectivity index (χ1n) is 6.23. The van der Waals surface area contributed by atoms with E-state index >= 15 is 0 Å². The van der Waals surface area contributed by atoms with Crippen LogP contribution in [0.25, 0.3) is 0 Å². The summed E-state index contributed by atoms with van der Waals surface area (Å²) in [6.07, 6.45) is 0. The fourth-order valence-corrected chi connectivity index (χ4v) is 2.80. The predicted molar refractivity (Wildman–Crippen MR) is 80.0 cm³/mol. The van der Waals surface area contributed by atoms with E-state index in [0.29, 0.717) is 11.5 Å². The average Bonchev–Trinajstić information content (AvgIpc) is 2.67. The topological polar surface area (TPSA) is 75.4 Å². The Kier molecular flexibility index (Phi) is 4.44. The molecule has 1 aromatic heterocycles. The van der Waals surface area contributed by atoms with E-state index in [-0.39, 0.29) is 27.4 Å². The number of halogens is 2. The maximum Gasteiger partial charge on any atom is 0.257 e. The molecule has 0 fully saturated rings. The van der Waals surface area contributed by atoms with E-state index < -0.39 is 5.91 Å². The van der Waals surface area contributed by atoms with Crippen LogP contribution >= 0.6 is 23.2 Å². The lowest BCUT2D eigenvalue weighted by atomic mass is 10.1. The van der Waals surface area contributed by atoms with Crippen LogP contribution in [-0.4, -0.2) is 16.2 Å². The summed E-state index contributed by atoms with van der Waals surface area (Å²) in [5, 5.41) is 16.8.